The third kappa shape index (κ3) is 2.90. The van der Waals surface area contributed by atoms with Gasteiger partial charge >= 0.3 is 0 Å². The molecule has 0 fully saturated rings. The zero-order valence-electron chi connectivity index (χ0n) is 16.1. The van der Waals surface area contributed by atoms with Crippen molar-refractivity contribution >= 4 is 6.08 Å². The monoisotopic (exact) mass is 338 g/mol. The fourth-order valence-electron chi connectivity index (χ4n) is 3.97. The number of allylic oxidation sites excluding steroid dienone is 1. The van der Waals surface area contributed by atoms with Gasteiger partial charge < -0.3 is 0 Å². The Labute approximate surface area is 157 Å². The van der Waals surface area contributed by atoms with E-state index in [1.54, 1.807) is 0 Å². The van der Waals surface area contributed by atoms with Crippen LogP contribution in [0.25, 0.3) is 17.2 Å². The predicted octanol–water partition coefficient (Wildman–Crippen LogP) is 7.12. The van der Waals surface area contributed by atoms with Crippen LogP contribution in [0.4, 0.5) is 0 Å². The van der Waals surface area contributed by atoms with E-state index in [2.05, 4.69) is 107 Å². The van der Waals surface area contributed by atoms with Gasteiger partial charge in [0.2, 0.25) is 0 Å². The maximum Gasteiger partial charge on any atom is 0.0287 e. The molecular weight excluding hydrogens is 312 g/mol. The summed E-state index contributed by atoms with van der Waals surface area (Å²) in [5.41, 5.74) is 9.75. The van der Waals surface area contributed by atoms with Crippen molar-refractivity contribution < 1.29 is 0 Å². The van der Waals surface area contributed by atoms with Crippen molar-refractivity contribution in [1.29, 1.82) is 0 Å². The predicted molar refractivity (Wildman–Crippen MR) is 113 cm³/mol. The van der Waals surface area contributed by atoms with Gasteiger partial charge in [-0.15, -0.1) is 0 Å². The van der Waals surface area contributed by atoms with Crippen LogP contribution in [0.5, 0.6) is 0 Å². The second-order valence-corrected chi connectivity index (χ2v) is 8.33. The lowest BCUT2D eigenvalue weighted by Crippen LogP contribution is -2.10. The van der Waals surface area contributed by atoms with Gasteiger partial charge in [0.1, 0.15) is 0 Å². The molecule has 0 nitrogen and oxygen atoms in total. The number of hydrogen-bond acceptors (Lipinski definition) is 0. The van der Waals surface area contributed by atoms with Crippen molar-refractivity contribution in [2.75, 3.05) is 0 Å². The summed E-state index contributed by atoms with van der Waals surface area (Å²) in [6.07, 6.45) is 4.62. The van der Waals surface area contributed by atoms with E-state index in [1.165, 1.54) is 38.9 Å². The van der Waals surface area contributed by atoms with E-state index in [4.69, 9.17) is 0 Å². The molecule has 26 heavy (non-hydrogen) atoms. The third-order valence-corrected chi connectivity index (χ3v) is 5.50. The molecule has 0 amide bonds. The Balaban J connectivity index is 1.82. The van der Waals surface area contributed by atoms with Gasteiger partial charge in [-0.3, -0.25) is 0 Å². The number of fused-ring (bicyclic) bond motifs is 1. The molecule has 1 aliphatic carbocycles. The van der Waals surface area contributed by atoms with Gasteiger partial charge in [-0.2, -0.15) is 0 Å². The summed E-state index contributed by atoms with van der Waals surface area (Å²) in [5.74, 6) is 0.338. The Kier molecular flexibility index (Phi) is 4.07. The van der Waals surface area contributed by atoms with Crippen molar-refractivity contribution in [3.8, 4) is 11.1 Å². The largest absolute Gasteiger partial charge is 0.0720 e. The molecule has 1 atom stereocenters. The summed E-state index contributed by atoms with van der Waals surface area (Å²) in [5, 5.41) is 0. The van der Waals surface area contributed by atoms with Gasteiger partial charge in [0.05, 0.1) is 0 Å². The van der Waals surface area contributed by atoms with Crippen molar-refractivity contribution in [1.82, 2.24) is 0 Å². The van der Waals surface area contributed by atoms with Crippen LogP contribution in [0.15, 0.2) is 72.8 Å². The minimum absolute atomic E-state index is 0.183. The molecule has 0 saturated heterocycles. The molecule has 0 heterocycles. The second-order valence-electron chi connectivity index (χ2n) is 8.33. The number of hydrogen-bond donors (Lipinski definition) is 0. The van der Waals surface area contributed by atoms with E-state index in [0.717, 1.165) is 0 Å². The SMILES string of the molecule is Cc1ccccc1C1C=Cc2cccc(-c3ccc(C(C)(C)C)cc3)c21. The van der Waals surface area contributed by atoms with E-state index >= 15 is 0 Å². The fourth-order valence-corrected chi connectivity index (χ4v) is 3.97. The normalized spacial score (nSPS) is 15.9. The number of benzene rings is 3. The van der Waals surface area contributed by atoms with Gasteiger partial charge in [0.15, 0.2) is 0 Å². The molecule has 0 aromatic heterocycles. The highest BCUT2D eigenvalue weighted by molar-refractivity contribution is 5.79. The highest BCUT2D eigenvalue weighted by Gasteiger charge is 2.24. The molecule has 0 radical (unpaired) electrons. The molecular formula is C26H26. The van der Waals surface area contributed by atoms with Crippen LogP contribution in [-0.2, 0) is 5.41 Å². The summed E-state index contributed by atoms with van der Waals surface area (Å²) in [4.78, 5) is 0. The molecule has 1 unspecified atom stereocenters. The zero-order valence-corrected chi connectivity index (χ0v) is 16.1. The van der Waals surface area contributed by atoms with Crippen molar-refractivity contribution in [3.63, 3.8) is 0 Å². The molecule has 0 N–H and O–H groups in total. The zero-order chi connectivity index (χ0) is 18.3. The Morgan fingerprint density at radius 2 is 1.50 bits per heavy atom. The number of rotatable bonds is 2. The molecule has 1 aliphatic rings. The topological polar surface area (TPSA) is 0 Å². The van der Waals surface area contributed by atoms with Crippen LogP contribution in [0, 0.1) is 6.92 Å². The highest BCUT2D eigenvalue weighted by atomic mass is 14.3. The lowest BCUT2D eigenvalue weighted by Gasteiger charge is -2.21. The molecule has 0 aliphatic heterocycles. The molecule has 0 heteroatoms. The first-order valence-electron chi connectivity index (χ1n) is 9.43. The first kappa shape index (κ1) is 16.8. The molecule has 0 spiro atoms. The fraction of sp³-hybridized carbons (Fsp3) is 0.231. The van der Waals surface area contributed by atoms with E-state index in [0.29, 0.717) is 5.92 Å². The van der Waals surface area contributed by atoms with Gasteiger partial charge in [0, 0.05) is 5.92 Å². The van der Waals surface area contributed by atoms with Gasteiger partial charge in [-0.25, -0.2) is 0 Å². The molecule has 0 bridgehead atoms. The number of aryl methyl sites for hydroxylation is 1. The maximum atomic E-state index is 2.35. The first-order chi connectivity index (χ1) is 12.4. The Hall–Kier alpha value is -2.60. The van der Waals surface area contributed by atoms with Gasteiger partial charge in [0.25, 0.3) is 0 Å². The van der Waals surface area contributed by atoms with E-state index in [9.17, 15) is 0 Å². The summed E-state index contributed by atoms with van der Waals surface area (Å²) in [6.45, 7) is 9.00. The summed E-state index contributed by atoms with van der Waals surface area (Å²) >= 11 is 0. The maximum absolute atomic E-state index is 2.35. The van der Waals surface area contributed by atoms with Gasteiger partial charge in [-0.05, 0) is 51.3 Å². The Morgan fingerprint density at radius 3 is 2.19 bits per heavy atom. The highest BCUT2D eigenvalue weighted by Crippen LogP contribution is 2.42. The van der Waals surface area contributed by atoms with Crippen molar-refractivity contribution in [2.24, 2.45) is 0 Å². The van der Waals surface area contributed by atoms with E-state index < -0.39 is 0 Å². The van der Waals surface area contributed by atoms with Gasteiger partial charge in [-0.1, -0.05) is 99.7 Å². The average molecular weight is 338 g/mol. The van der Waals surface area contributed by atoms with Crippen LogP contribution < -0.4 is 0 Å². The standard InChI is InChI=1S/C26H26/c1-18-8-5-6-10-22(18)24-17-14-20-9-7-11-23(25(20)24)19-12-15-21(16-13-19)26(2,3)4/h5-17,24H,1-4H3. The van der Waals surface area contributed by atoms with Crippen LogP contribution in [-0.4, -0.2) is 0 Å². The first-order valence-corrected chi connectivity index (χ1v) is 9.43. The van der Waals surface area contributed by atoms with Crippen molar-refractivity contribution in [2.45, 2.75) is 39.0 Å². The quantitative estimate of drug-likeness (QED) is 0.466. The Morgan fingerprint density at radius 1 is 0.769 bits per heavy atom. The van der Waals surface area contributed by atoms with Crippen LogP contribution in [0.3, 0.4) is 0 Å². The molecule has 3 aromatic carbocycles. The average Bonchev–Trinajstić information content (AvgIpc) is 3.05. The van der Waals surface area contributed by atoms with E-state index in [1.807, 2.05) is 0 Å². The summed E-state index contributed by atoms with van der Waals surface area (Å²) in [6, 6.07) is 24.5. The summed E-state index contributed by atoms with van der Waals surface area (Å²) in [7, 11) is 0. The third-order valence-electron chi connectivity index (χ3n) is 5.50. The summed E-state index contributed by atoms with van der Waals surface area (Å²) < 4.78 is 0. The van der Waals surface area contributed by atoms with Crippen LogP contribution >= 0.6 is 0 Å². The lowest BCUT2D eigenvalue weighted by atomic mass is 9.83. The second kappa shape index (κ2) is 6.29. The molecule has 4 rings (SSSR count). The molecule has 0 saturated carbocycles. The van der Waals surface area contributed by atoms with E-state index in [-0.39, 0.29) is 5.41 Å². The van der Waals surface area contributed by atoms with Crippen LogP contribution in [0.1, 0.15) is 54.5 Å². The Bertz CT molecular complexity index is 966. The minimum Gasteiger partial charge on any atom is -0.0720 e. The smallest absolute Gasteiger partial charge is 0.0287 e. The molecule has 130 valence electrons. The van der Waals surface area contributed by atoms with Crippen LogP contribution in [0.2, 0.25) is 0 Å². The van der Waals surface area contributed by atoms with Crippen molar-refractivity contribution in [3.05, 3.63) is 101 Å². The lowest BCUT2D eigenvalue weighted by molar-refractivity contribution is 0.590. The minimum atomic E-state index is 0.183. The molecule has 3 aromatic rings.